The second-order valence-electron chi connectivity index (χ2n) is 4.43. The number of hydrogen-bond donors (Lipinski definition) is 3. The van der Waals surface area contributed by atoms with Crippen LogP contribution in [0.25, 0.3) is 0 Å². The predicted molar refractivity (Wildman–Crippen MR) is 80.4 cm³/mol. The van der Waals surface area contributed by atoms with Gasteiger partial charge in [0, 0.05) is 18.1 Å². The first kappa shape index (κ1) is 14.0. The number of aromatic nitrogens is 1. The van der Waals surface area contributed by atoms with Gasteiger partial charge in [0.05, 0.1) is 11.3 Å². The number of hydrogen-bond acceptors (Lipinski definition) is 4. The fourth-order valence-corrected chi connectivity index (χ4v) is 2.02. The number of para-hydroxylation sites is 1. The largest absolute Gasteiger partial charge is 0.323 e. The van der Waals surface area contributed by atoms with Gasteiger partial charge in [-0.15, -0.1) is 0 Å². The first-order valence-corrected chi connectivity index (χ1v) is 6.56. The molecule has 0 unspecified atom stereocenters. The van der Waals surface area contributed by atoms with Crippen molar-refractivity contribution in [1.29, 1.82) is 0 Å². The maximum Gasteiger partial charge on any atom is 0.259 e. The molecule has 0 saturated carbocycles. The number of carbonyl (C=O) groups is 1. The Morgan fingerprint density at radius 2 is 2.05 bits per heavy atom. The van der Waals surface area contributed by atoms with Crippen LogP contribution >= 0.6 is 0 Å². The van der Waals surface area contributed by atoms with Crippen molar-refractivity contribution in [3.8, 4) is 0 Å². The minimum atomic E-state index is -0.227. The van der Waals surface area contributed by atoms with Crippen LogP contribution in [-0.4, -0.2) is 10.9 Å². The lowest BCUT2D eigenvalue weighted by Crippen LogP contribution is -2.18. The van der Waals surface area contributed by atoms with Gasteiger partial charge in [0.25, 0.3) is 5.91 Å². The summed E-state index contributed by atoms with van der Waals surface area (Å²) in [6.07, 6.45) is 5.02. The van der Waals surface area contributed by atoms with Crippen molar-refractivity contribution >= 4 is 17.3 Å². The minimum Gasteiger partial charge on any atom is -0.323 e. The van der Waals surface area contributed by atoms with E-state index in [4.69, 9.17) is 5.84 Å². The molecule has 0 aliphatic carbocycles. The molecule has 1 aromatic heterocycles. The SMILES string of the molecule is CCCc1ccccc1NC(=O)c1cnccc1NN. The quantitative estimate of drug-likeness (QED) is 0.576. The summed E-state index contributed by atoms with van der Waals surface area (Å²) in [5.74, 6) is 5.17. The Labute approximate surface area is 118 Å². The summed E-state index contributed by atoms with van der Waals surface area (Å²) >= 11 is 0. The molecule has 5 nitrogen and oxygen atoms in total. The Balaban J connectivity index is 2.24. The van der Waals surface area contributed by atoms with E-state index in [9.17, 15) is 4.79 Å². The van der Waals surface area contributed by atoms with Gasteiger partial charge in [0.2, 0.25) is 0 Å². The highest BCUT2D eigenvalue weighted by Gasteiger charge is 2.12. The van der Waals surface area contributed by atoms with Crippen LogP contribution in [0.5, 0.6) is 0 Å². The van der Waals surface area contributed by atoms with Crippen LogP contribution < -0.4 is 16.6 Å². The van der Waals surface area contributed by atoms with Crippen LogP contribution in [-0.2, 0) is 6.42 Å². The molecule has 104 valence electrons. The average molecular weight is 270 g/mol. The van der Waals surface area contributed by atoms with Gasteiger partial charge < -0.3 is 10.7 Å². The van der Waals surface area contributed by atoms with Crippen LogP contribution in [0.2, 0.25) is 0 Å². The molecule has 1 aromatic carbocycles. The molecule has 0 atom stereocenters. The van der Waals surface area contributed by atoms with Gasteiger partial charge in [-0.2, -0.15) is 0 Å². The van der Waals surface area contributed by atoms with E-state index in [2.05, 4.69) is 22.7 Å². The van der Waals surface area contributed by atoms with E-state index in [0.717, 1.165) is 24.1 Å². The molecular formula is C15H18N4O. The number of pyridine rings is 1. The van der Waals surface area contributed by atoms with Crippen molar-refractivity contribution < 1.29 is 4.79 Å². The summed E-state index contributed by atoms with van der Waals surface area (Å²) < 4.78 is 0. The number of amides is 1. The maximum atomic E-state index is 12.3. The normalized spacial score (nSPS) is 10.1. The number of carbonyl (C=O) groups excluding carboxylic acids is 1. The molecule has 0 fully saturated rings. The van der Waals surface area contributed by atoms with Crippen LogP contribution in [0.1, 0.15) is 29.3 Å². The standard InChI is InChI=1S/C15H18N4O/c1-2-5-11-6-3-4-7-13(11)18-15(20)12-10-17-9-8-14(12)19-16/h3-4,6-10H,2,5,16H2,1H3,(H,17,19)(H,18,20). The fraction of sp³-hybridized carbons (Fsp3) is 0.200. The Morgan fingerprint density at radius 1 is 1.25 bits per heavy atom. The molecule has 2 aromatic rings. The topological polar surface area (TPSA) is 80.0 Å². The van der Waals surface area contributed by atoms with Crippen molar-refractivity contribution in [2.45, 2.75) is 19.8 Å². The third-order valence-electron chi connectivity index (χ3n) is 3.01. The van der Waals surface area contributed by atoms with Gasteiger partial charge in [-0.25, -0.2) is 0 Å². The second-order valence-corrected chi connectivity index (χ2v) is 4.43. The number of anilines is 2. The molecule has 0 spiro atoms. The number of nitrogens with two attached hydrogens (primary N) is 1. The number of nitrogens with one attached hydrogen (secondary N) is 2. The van der Waals surface area contributed by atoms with Crippen LogP contribution in [0.3, 0.4) is 0 Å². The van der Waals surface area contributed by atoms with Crippen LogP contribution in [0, 0.1) is 0 Å². The number of hydrazine groups is 1. The second kappa shape index (κ2) is 6.68. The third-order valence-corrected chi connectivity index (χ3v) is 3.01. The Bertz CT molecular complexity index is 598. The highest BCUT2D eigenvalue weighted by atomic mass is 16.1. The van der Waals surface area contributed by atoms with E-state index in [0.29, 0.717) is 11.3 Å². The molecule has 0 aliphatic rings. The highest BCUT2D eigenvalue weighted by molar-refractivity contribution is 6.08. The van der Waals surface area contributed by atoms with E-state index < -0.39 is 0 Å². The van der Waals surface area contributed by atoms with Gasteiger partial charge in [-0.3, -0.25) is 15.6 Å². The fourth-order valence-electron chi connectivity index (χ4n) is 2.02. The molecule has 0 aliphatic heterocycles. The summed E-state index contributed by atoms with van der Waals surface area (Å²) in [6.45, 7) is 2.11. The molecule has 0 radical (unpaired) electrons. The molecule has 0 saturated heterocycles. The third kappa shape index (κ3) is 3.13. The van der Waals surface area contributed by atoms with Crippen molar-refractivity contribution in [2.24, 2.45) is 5.84 Å². The van der Waals surface area contributed by atoms with Crippen molar-refractivity contribution in [3.63, 3.8) is 0 Å². The lowest BCUT2D eigenvalue weighted by Gasteiger charge is -2.12. The molecule has 1 amide bonds. The van der Waals surface area contributed by atoms with E-state index in [1.54, 1.807) is 12.3 Å². The molecule has 5 heteroatoms. The molecule has 2 rings (SSSR count). The summed E-state index contributed by atoms with van der Waals surface area (Å²) in [5, 5.41) is 2.91. The summed E-state index contributed by atoms with van der Waals surface area (Å²) in [7, 11) is 0. The predicted octanol–water partition coefficient (Wildman–Crippen LogP) is 2.57. The molecule has 4 N–H and O–H groups in total. The van der Waals surface area contributed by atoms with E-state index in [1.807, 2.05) is 24.3 Å². The Hall–Kier alpha value is -2.40. The van der Waals surface area contributed by atoms with E-state index in [-0.39, 0.29) is 5.91 Å². The van der Waals surface area contributed by atoms with Crippen molar-refractivity contribution in [3.05, 3.63) is 53.9 Å². The monoisotopic (exact) mass is 270 g/mol. The van der Waals surface area contributed by atoms with Gasteiger partial charge in [-0.05, 0) is 24.1 Å². The van der Waals surface area contributed by atoms with Gasteiger partial charge >= 0.3 is 0 Å². The number of aryl methyl sites for hydroxylation is 1. The molecular weight excluding hydrogens is 252 g/mol. The van der Waals surface area contributed by atoms with Gasteiger partial charge in [0.1, 0.15) is 0 Å². The number of nitrogen functional groups attached to an aromatic ring is 1. The Kier molecular flexibility index (Phi) is 4.68. The zero-order chi connectivity index (χ0) is 14.4. The smallest absolute Gasteiger partial charge is 0.259 e. The lowest BCUT2D eigenvalue weighted by atomic mass is 10.1. The molecule has 0 bridgehead atoms. The molecule has 1 heterocycles. The lowest BCUT2D eigenvalue weighted by molar-refractivity contribution is 0.102. The van der Waals surface area contributed by atoms with Gasteiger partial charge in [-0.1, -0.05) is 31.5 Å². The first-order valence-electron chi connectivity index (χ1n) is 6.56. The van der Waals surface area contributed by atoms with E-state index >= 15 is 0 Å². The van der Waals surface area contributed by atoms with Gasteiger partial charge in [0.15, 0.2) is 0 Å². The maximum absolute atomic E-state index is 12.3. The number of nitrogens with zero attached hydrogens (tertiary/aromatic N) is 1. The van der Waals surface area contributed by atoms with Crippen LogP contribution in [0.4, 0.5) is 11.4 Å². The molecule has 20 heavy (non-hydrogen) atoms. The minimum absolute atomic E-state index is 0.227. The Morgan fingerprint density at radius 3 is 2.80 bits per heavy atom. The first-order chi connectivity index (χ1) is 9.76. The van der Waals surface area contributed by atoms with Crippen LogP contribution in [0.15, 0.2) is 42.7 Å². The average Bonchev–Trinajstić information content (AvgIpc) is 2.49. The number of benzene rings is 1. The van der Waals surface area contributed by atoms with Crippen molar-refractivity contribution in [1.82, 2.24) is 4.98 Å². The number of rotatable bonds is 5. The zero-order valence-corrected chi connectivity index (χ0v) is 11.4. The summed E-state index contributed by atoms with van der Waals surface area (Å²) in [5.41, 5.74) is 5.41. The zero-order valence-electron chi connectivity index (χ0n) is 11.4. The summed E-state index contributed by atoms with van der Waals surface area (Å²) in [6, 6.07) is 9.45. The van der Waals surface area contributed by atoms with Crippen molar-refractivity contribution in [2.75, 3.05) is 10.7 Å². The summed E-state index contributed by atoms with van der Waals surface area (Å²) in [4.78, 5) is 16.3. The van der Waals surface area contributed by atoms with E-state index in [1.165, 1.54) is 6.20 Å². The highest BCUT2D eigenvalue weighted by Crippen LogP contribution is 2.19.